The minimum absolute atomic E-state index is 0.0533. The highest BCUT2D eigenvalue weighted by Gasteiger charge is 2.33. The number of aromatic nitrogens is 1. The molecule has 0 saturated heterocycles. The molecule has 25 heavy (non-hydrogen) atoms. The van der Waals surface area contributed by atoms with Crippen molar-refractivity contribution in [2.75, 3.05) is 6.61 Å². The first kappa shape index (κ1) is 17.7. The zero-order valence-electron chi connectivity index (χ0n) is 14.0. The summed E-state index contributed by atoms with van der Waals surface area (Å²) >= 11 is 1.52. The van der Waals surface area contributed by atoms with E-state index in [1.165, 1.54) is 17.4 Å². The minimum atomic E-state index is -0.598. The number of aliphatic hydroxyl groups excluding tert-OH is 1. The quantitative estimate of drug-likeness (QED) is 0.671. The lowest BCUT2D eigenvalue weighted by Crippen LogP contribution is -2.45. The topological polar surface area (TPSA) is 45.1 Å². The molecule has 0 spiro atoms. The van der Waals surface area contributed by atoms with Gasteiger partial charge in [0.1, 0.15) is 10.8 Å². The zero-order chi connectivity index (χ0) is 17.7. The van der Waals surface area contributed by atoms with Crippen LogP contribution >= 0.6 is 11.3 Å². The van der Waals surface area contributed by atoms with E-state index < -0.39 is 5.54 Å². The Morgan fingerprint density at radius 2 is 1.88 bits per heavy atom. The molecular weight excluding hydrogens is 335 g/mol. The molecule has 0 aliphatic heterocycles. The Kier molecular flexibility index (Phi) is 5.58. The second kappa shape index (κ2) is 7.87. The molecule has 0 radical (unpaired) electrons. The molecular formula is C20H21FN2OS. The Labute approximate surface area is 151 Å². The fourth-order valence-corrected chi connectivity index (χ4v) is 3.77. The van der Waals surface area contributed by atoms with Crippen molar-refractivity contribution >= 4 is 11.3 Å². The average molecular weight is 356 g/mol. The van der Waals surface area contributed by atoms with Gasteiger partial charge in [0, 0.05) is 11.6 Å². The van der Waals surface area contributed by atoms with Crippen LogP contribution in [0.1, 0.15) is 29.1 Å². The van der Waals surface area contributed by atoms with Gasteiger partial charge >= 0.3 is 0 Å². The van der Waals surface area contributed by atoms with Crippen LogP contribution in [0.3, 0.4) is 0 Å². The van der Waals surface area contributed by atoms with Gasteiger partial charge in [0.15, 0.2) is 0 Å². The summed E-state index contributed by atoms with van der Waals surface area (Å²) in [5.74, 6) is -0.229. The first-order chi connectivity index (χ1) is 12.1. The van der Waals surface area contributed by atoms with Crippen molar-refractivity contribution in [2.45, 2.75) is 24.9 Å². The predicted molar refractivity (Wildman–Crippen MR) is 99.0 cm³/mol. The van der Waals surface area contributed by atoms with Crippen LogP contribution in [0.25, 0.3) is 0 Å². The Morgan fingerprint density at radius 1 is 1.16 bits per heavy atom. The van der Waals surface area contributed by atoms with Crippen LogP contribution in [0.2, 0.25) is 0 Å². The summed E-state index contributed by atoms with van der Waals surface area (Å²) in [5, 5.41) is 16.2. The third-order valence-electron chi connectivity index (χ3n) is 4.28. The van der Waals surface area contributed by atoms with Gasteiger partial charge in [0.05, 0.1) is 18.2 Å². The molecule has 5 heteroatoms. The molecule has 0 bridgehead atoms. The number of halogens is 1. The molecule has 0 aliphatic rings. The van der Waals surface area contributed by atoms with Gasteiger partial charge in [-0.3, -0.25) is 5.32 Å². The Hall–Kier alpha value is -2.08. The lowest BCUT2D eigenvalue weighted by Gasteiger charge is -2.33. The van der Waals surface area contributed by atoms with Crippen molar-refractivity contribution in [3.05, 3.63) is 88.1 Å². The van der Waals surface area contributed by atoms with Gasteiger partial charge in [0.2, 0.25) is 0 Å². The Morgan fingerprint density at radius 3 is 2.52 bits per heavy atom. The van der Waals surface area contributed by atoms with Crippen LogP contribution in [0.4, 0.5) is 4.39 Å². The third kappa shape index (κ3) is 4.12. The number of thiazole rings is 1. The number of benzene rings is 2. The summed E-state index contributed by atoms with van der Waals surface area (Å²) in [6, 6.07) is 16.3. The fourth-order valence-electron chi connectivity index (χ4n) is 3.01. The number of aliphatic hydroxyl groups is 1. The van der Waals surface area contributed by atoms with E-state index in [0.29, 0.717) is 12.0 Å². The van der Waals surface area contributed by atoms with Crippen LogP contribution in [0, 0.1) is 5.82 Å². The van der Waals surface area contributed by atoms with Crippen LogP contribution in [0.5, 0.6) is 0 Å². The Balaban J connectivity index is 1.93. The smallest absolute Gasteiger partial charge is 0.126 e. The summed E-state index contributed by atoms with van der Waals surface area (Å²) in [4.78, 5) is 4.45. The first-order valence-electron chi connectivity index (χ1n) is 8.19. The summed E-state index contributed by atoms with van der Waals surface area (Å²) in [6.45, 7) is 1.95. The number of rotatable bonds is 7. The fraction of sp³-hybridized carbons (Fsp3) is 0.250. The maximum Gasteiger partial charge on any atom is 0.126 e. The lowest BCUT2D eigenvalue weighted by atomic mass is 9.91. The average Bonchev–Trinajstić information content (AvgIpc) is 3.18. The van der Waals surface area contributed by atoms with E-state index >= 15 is 0 Å². The van der Waals surface area contributed by atoms with Gasteiger partial charge in [-0.15, -0.1) is 11.3 Å². The zero-order valence-corrected chi connectivity index (χ0v) is 14.8. The molecule has 3 nitrogen and oxygen atoms in total. The van der Waals surface area contributed by atoms with Gasteiger partial charge in [-0.25, -0.2) is 9.37 Å². The molecule has 0 aliphatic carbocycles. The standard InChI is InChI=1S/C20H21FN2OS/c1-20(19-22-11-12-25-19,13-16-9-5-6-10-17(16)21)23-18(14-24)15-7-3-2-4-8-15/h2-12,18,23-24H,13-14H2,1H3/t18-,20+/m1/s1. The van der Waals surface area contributed by atoms with Crippen molar-refractivity contribution in [3.63, 3.8) is 0 Å². The second-order valence-electron chi connectivity index (χ2n) is 6.23. The van der Waals surface area contributed by atoms with E-state index in [0.717, 1.165) is 10.6 Å². The summed E-state index contributed by atoms with van der Waals surface area (Å²) < 4.78 is 14.2. The van der Waals surface area contributed by atoms with Gasteiger partial charge in [-0.2, -0.15) is 0 Å². The van der Waals surface area contributed by atoms with Crippen LogP contribution in [-0.4, -0.2) is 16.7 Å². The molecule has 130 valence electrons. The van der Waals surface area contributed by atoms with Crippen LogP contribution in [0.15, 0.2) is 66.2 Å². The summed E-state index contributed by atoms with van der Waals surface area (Å²) in [5.41, 5.74) is 1.01. The SMILES string of the molecule is C[C@@](Cc1ccccc1F)(N[C@H](CO)c1ccccc1)c1nccs1. The lowest BCUT2D eigenvalue weighted by molar-refractivity contribution is 0.202. The van der Waals surface area contributed by atoms with E-state index in [9.17, 15) is 9.50 Å². The second-order valence-corrected chi connectivity index (χ2v) is 7.12. The van der Waals surface area contributed by atoms with Crippen molar-refractivity contribution in [3.8, 4) is 0 Å². The molecule has 1 heterocycles. The molecule has 2 atom stereocenters. The third-order valence-corrected chi connectivity index (χ3v) is 5.32. The predicted octanol–water partition coefficient (Wildman–Crippen LogP) is 4.06. The normalized spacial score (nSPS) is 14.8. The molecule has 2 N–H and O–H groups in total. The molecule has 2 aromatic carbocycles. The monoisotopic (exact) mass is 356 g/mol. The van der Waals surface area contributed by atoms with Gasteiger partial charge < -0.3 is 5.11 Å². The molecule has 0 unspecified atom stereocenters. The van der Waals surface area contributed by atoms with Crippen LogP contribution in [-0.2, 0) is 12.0 Å². The van der Waals surface area contributed by atoms with Crippen molar-refractivity contribution < 1.29 is 9.50 Å². The van der Waals surface area contributed by atoms with Gasteiger partial charge in [-0.05, 0) is 30.5 Å². The van der Waals surface area contributed by atoms with Crippen molar-refractivity contribution in [2.24, 2.45) is 0 Å². The van der Waals surface area contributed by atoms with E-state index in [2.05, 4.69) is 10.3 Å². The highest BCUT2D eigenvalue weighted by Crippen LogP contribution is 2.31. The van der Waals surface area contributed by atoms with Gasteiger partial charge in [-0.1, -0.05) is 48.5 Å². The van der Waals surface area contributed by atoms with E-state index in [-0.39, 0.29) is 18.5 Å². The van der Waals surface area contributed by atoms with Crippen molar-refractivity contribution in [1.29, 1.82) is 0 Å². The largest absolute Gasteiger partial charge is 0.394 e. The molecule has 0 saturated carbocycles. The van der Waals surface area contributed by atoms with Gasteiger partial charge in [0.25, 0.3) is 0 Å². The number of nitrogens with one attached hydrogen (secondary N) is 1. The molecule has 1 aromatic heterocycles. The summed E-state index contributed by atoms with van der Waals surface area (Å²) in [6.07, 6.45) is 2.19. The Bertz CT molecular complexity index is 794. The number of hydrogen-bond donors (Lipinski definition) is 2. The van der Waals surface area contributed by atoms with Crippen LogP contribution < -0.4 is 5.32 Å². The number of nitrogens with zero attached hydrogens (tertiary/aromatic N) is 1. The molecule has 3 aromatic rings. The maximum atomic E-state index is 14.2. The van der Waals surface area contributed by atoms with Crippen molar-refractivity contribution in [1.82, 2.24) is 10.3 Å². The van der Waals surface area contributed by atoms with E-state index in [1.54, 1.807) is 18.3 Å². The number of hydrogen-bond acceptors (Lipinski definition) is 4. The van der Waals surface area contributed by atoms with E-state index in [4.69, 9.17) is 0 Å². The minimum Gasteiger partial charge on any atom is -0.394 e. The highest BCUT2D eigenvalue weighted by atomic mass is 32.1. The molecule has 0 fully saturated rings. The molecule has 3 rings (SSSR count). The molecule has 0 amide bonds. The van der Waals surface area contributed by atoms with E-state index in [1.807, 2.05) is 48.7 Å². The summed E-state index contributed by atoms with van der Waals surface area (Å²) in [7, 11) is 0. The highest BCUT2D eigenvalue weighted by molar-refractivity contribution is 7.09. The maximum absolute atomic E-state index is 14.2. The first-order valence-corrected chi connectivity index (χ1v) is 9.07.